The van der Waals surface area contributed by atoms with E-state index in [1.165, 1.54) is 0 Å². The first-order valence-corrected chi connectivity index (χ1v) is 5.66. The average molecular weight is 262 g/mol. The second kappa shape index (κ2) is 5.50. The summed E-state index contributed by atoms with van der Waals surface area (Å²) in [5.74, 6) is -2.04. The van der Waals surface area contributed by atoms with Gasteiger partial charge in [0.1, 0.15) is 5.82 Å². The number of hydrogen-bond acceptors (Lipinski definition) is 1. The van der Waals surface area contributed by atoms with Crippen LogP contribution in [0.3, 0.4) is 0 Å². The maximum atomic E-state index is 13.6. The highest BCUT2D eigenvalue weighted by molar-refractivity contribution is 5.96. The van der Waals surface area contributed by atoms with E-state index in [4.69, 9.17) is 0 Å². The van der Waals surface area contributed by atoms with Gasteiger partial charge in [-0.15, -0.1) is 0 Å². The van der Waals surface area contributed by atoms with Crippen LogP contribution in [0.2, 0.25) is 0 Å². The van der Waals surface area contributed by atoms with Gasteiger partial charge in [0.05, 0.1) is 11.1 Å². The minimum atomic E-state index is -4.78. The molecule has 0 N–H and O–H groups in total. The molecule has 0 saturated carbocycles. The third-order valence-electron chi connectivity index (χ3n) is 2.84. The molecule has 0 aliphatic heterocycles. The van der Waals surface area contributed by atoms with Gasteiger partial charge in [0.2, 0.25) is 0 Å². The minimum absolute atomic E-state index is 0.0199. The Labute approximate surface area is 103 Å². The molecule has 1 rings (SSSR count). The van der Waals surface area contributed by atoms with Gasteiger partial charge in [-0.2, -0.15) is 13.2 Å². The lowest BCUT2D eigenvalue weighted by Crippen LogP contribution is -2.13. The first kappa shape index (κ1) is 14.7. The lowest BCUT2D eigenvalue weighted by Gasteiger charge is -2.12. The number of carbonyl (C=O) groups is 1. The highest BCUT2D eigenvalue weighted by Gasteiger charge is 2.35. The fourth-order valence-electron chi connectivity index (χ4n) is 1.54. The van der Waals surface area contributed by atoms with Crippen molar-refractivity contribution >= 4 is 5.78 Å². The molecule has 1 atom stereocenters. The summed E-state index contributed by atoms with van der Waals surface area (Å²) in [7, 11) is 0. The van der Waals surface area contributed by atoms with Gasteiger partial charge in [0, 0.05) is 6.42 Å². The van der Waals surface area contributed by atoms with E-state index in [0.29, 0.717) is 12.5 Å². The molecule has 100 valence electrons. The Balaban J connectivity index is 3.08. The van der Waals surface area contributed by atoms with Gasteiger partial charge in [-0.1, -0.05) is 26.3 Å². The third kappa shape index (κ3) is 3.31. The fourth-order valence-corrected chi connectivity index (χ4v) is 1.54. The monoisotopic (exact) mass is 262 g/mol. The minimum Gasteiger partial charge on any atom is -0.294 e. The van der Waals surface area contributed by atoms with Crippen molar-refractivity contribution < 1.29 is 22.4 Å². The smallest absolute Gasteiger partial charge is 0.294 e. The molecule has 1 nitrogen and oxygen atoms in total. The largest absolute Gasteiger partial charge is 0.419 e. The highest BCUT2D eigenvalue weighted by Crippen LogP contribution is 2.32. The van der Waals surface area contributed by atoms with Crippen molar-refractivity contribution in [3.8, 4) is 0 Å². The zero-order valence-corrected chi connectivity index (χ0v) is 10.1. The Morgan fingerprint density at radius 2 is 1.94 bits per heavy atom. The molecule has 0 radical (unpaired) electrons. The Morgan fingerprint density at radius 1 is 1.33 bits per heavy atom. The van der Waals surface area contributed by atoms with E-state index in [2.05, 4.69) is 0 Å². The third-order valence-corrected chi connectivity index (χ3v) is 2.84. The molecule has 0 saturated heterocycles. The summed E-state index contributed by atoms with van der Waals surface area (Å²) in [5, 5.41) is 0. The van der Waals surface area contributed by atoms with Crippen LogP contribution in [0.1, 0.15) is 42.6 Å². The molecular formula is C13H14F4O. The second-order valence-corrected chi connectivity index (χ2v) is 4.31. The van der Waals surface area contributed by atoms with Crippen LogP contribution >= 0.6 is 0 Å². The number of ketones is 1. The number of halogens is 4. The van der Waals surface area contributed by atoms with Crippen molar-refractivity contribution in [1.82, 2.24) is 0 Å². The molecule has 5 heteroatoms. The summed E-state index contributed by atoms with van der Waals surface area (Å²) < 4.78 is 51.0. The summed E-state index contributed by atoms with van der Waals surface area (Å²) in [6.45, 7) is 3.66. The number of benzene rings is 1. The molecule has 1 unspecified atom stereocenters. The quantitative estimate of drug-likeness (QED) is 0.578. The average Bonchev–Trinajstić information content (AvgIpc) is 2.27. The molecule has 0 aromatic heterocycles. The second-order valence-electron chi connectivity index (χ2n) is 4.31. The van der Waals surface area contributed by atoms with Crippen molar-refractivity contribution in [1.29, 1.82) is 0 Å². The van der Waals surface area contributed by atoms with E-state index in [-0.39, 0.29) is 12.3 Å². The van der Waals surface area contributed by atoms with E-state index in [1.807, 2.05) is 6.92 Å². The van der Waals surface area contributed by atoms with Gasteiger partial charge in [0.15, 0.2) is 5.78 Å². The van der Waals surface area contributed by atoms with Gasteiger partial charge in [-0.3, -0.25) is 4.79 Å². The van der Waals surface area contributed by atoms with Crippen molar-refractivity contribution in [3.05, 3.63) is 35.1 Å². The van der Waals surface area contributed by atoms with Gasteiger partial charge in [0.25, 0.3) is 0 Å². The molecule has 18 heavy (non-hydrogen) atoms. The van der Waals surface area contributed by atoms with E-state index >= 15 is 0 Å². The first-order valence-electron chi connectivity index (χ1n) is 5.66. The molecule has 0 bridgehead atoms. The van der Waals surface area contributed by atoms with Crippen LogP contribution in [0.4, 0.5) is 17.6 Å². The van der Waals surface area contributed by atoms with Crippen LogP contribution in [0, 0.1) is 11.7 Å². The molecule has 0 spiro atoms. The Morgan fingerprint density at radius 3 is 2.44 bits per heavy atom. The Kier molecular flexibility index (Phi) is 4.48. The summed E-state index contributed by atoms with van der Waals surface area (Å²) in [6, 6.07) is 2.78. The van der Waals surface area contributed by atoms with Crippen LogP contribution in [0.5, 0.6) is 0 Å². The van der Waals surface area contributed by atoms with Gasteiger partial charge < -0.3 is 0 Å². The van der Waals surface area contributed by atoms with Crippen LogP contribution in [0.25, 0.3) is 0 Å². The highest BCUT2D eigenvalue weighted by atomic mass is 19.4. The predicted octanol–water partition coefficient (Wildman–Crippen LogP) is 4.46. The SMILES string of the molecule is CCC(C)CC(=O)c1cccc(C(F)(F)F)c1F. The van der Waals surface area contributed by atoms with E-state index in [9.17, 15) is 22.4 Å². The normalized spacial score (nSPS) is 13.4. The van der Waals surface area contributed by atoms with Crippen molar-refractivity contribution in [2.24, 2.45) is 5.92 Å². The standard InChI is InChI=1S/C13H14F4O/c1-3-8(2)7-11(18)9-5-4-6-10(12(9)14)13(15,16)17/h4-6,8H,3,7H2,1-2H3. The van der Waals surface area contributed by atoms with Crippen molar-refractivity contribution in [2.45, 2.75) is 32.9 Å². The Hall–Kier alpha value is -1.39. The molecule has 0 heterocycles. The molecular weight excluding hydrogens is 248 g/mol. The molecule has 1 aromatic carbocycles. The van der Waals surface area contributed by atoms with Crippen molar-refractivity contribution in [3.63, 3.8) is 0 Å². The van der Waals surface area contributed by atoms with Gasteiger partial charge >= 0.3 is 6.18 Å². The summed E-state index contributed by atoms with van der Waals surface area (Å²) in [5.41, 5.74) is -1.87. The Bertz CT molecular complexity index is 437. The zero-order valence-electron chi connectivity index (χ0n) is 10.1. The zero-order chi connectivity index (χ0) is 13.9. The lowest BCUT2D eigenvalue weighted by atomic mass is 9.96. The van der Waals surface area contributed by atoms with Crippen molar-refractivity contribution in [2.75, 3.05) is 0 Å². The summed E-state index contributed by atoms with van der Waals surface area (Å²) >= 11 is 0. The van der Waals surface area contributed by atoms with E-state index in [0.717, 1.165) is 12.1 Å². The molecule has 0 aliphatic rings. The molecule has 1 aromatic rings. The summed E-state index contributed by atoms with van der Waals surface area (Å²) in [4.78, 5) is 11.7. The van der Waals surface area contributed by atoms with E-state index in [1.54, 1.807) is 6.92 Å². The topological polar surface area (TPSA) is 17.1 Å². The number of carbonyl (C=O) groups excluding carboxylic acids is 1. The van der Waals surface area contributed by atoms with E-state index < -0.39 is 28.9 Å². The number of rotatable bonds is 4. The van der Waals surface area contributed by atoms with Gasteiger partial charge in [-0.05, 0) is 18.1 Å². The number of Topliss-reactive ketones (excluding diaryl/α,β-unsaturated/α-hetero) is 1. The van der Waals surface area contributed by atoms with Crippen LogP contribution in [-0.2, 0) is 6.18 Å². The fraction of sp³-hybridized carbons (Fsp3) is 0.462. The predicted molar refractivity (Wildman–Crippen MR) is 59.8 cm³/mol. The number of hydrogen-bond donors (Lipinski definition) is 0. The van der Waals surface area contributed by atoms with Crippen LogP contribution < -0.4 is 0 Å². The lowest BCUT2D eigenvalue weighted by molar-refractivity contribution is -0.140. The molecule has 0 aliphatic carbocycles. The van der Waals surface area contributed by atoms with Crippen LogP contribution in [0.15, 0.2) is 18.2 Å². The first-order chi connectivity index (χ1) is 8.27. The molecule has 0 amide bonds. The molecule has 0 fully saturated rings. The maximum absolute atomic E-state index is 13.6. The number of alkyl halides is 3. The maximum Gasteiger partial charge on any atom is 0.419 e. The summed E-state index contributed by atoms with van der Waals surface area (Å²) in [6.07, 6.45) is -4.02. The van der Waals surface area contributed by atoms with Gasteiger partial charge in [-0.25, -0.2) is 4.39 Å². The van der Waals surface area contributed by atoms with Crippen LogP contribution in [-0.4, -0.2) is 5.78 Å².